The monoisotopic (exact) mass is 185 g/mol. The third-order valence-corrected chi connectivity index (χ3v) is 3.55. The van der Waals surface area contributed by atoms with Crippen molar-refractivity contribution in [3.63, 3.8) is 0 Å². The van der Waals surface area contributed by atoms with Gasteiger partial charge in [-0.3, -0.25) is 4.31 Å². The van der Waals surface area contributed by atoms with Gasteiger partial charge in [-0.05, 0) is 19.3 Å². The van der Waals surface area contributed by atoms with Crippen LogP contribution in [0.4, 0.5) is 0 Å². The van der Waals surface area contributed by atoms with Gasteiger partial charge in [-0.1, -0.05) is 35.2 Å². The molecule has 1 rings (SSSR count). The summed E-state index contributed by atoms with van der Waals surface area (Å²) in [5.41, 5.74) is 0. The van der Waals surface area contributed by atoms with Crippen molar-refractivity contribution < 1.29 is 0 Å². The molecular formula is C7H11B4NS. The van der Waals surface area contributed by atoms with Gasteiger partial charge in [0.15, 0.2) is 0 Å². The van der Waals surface area contributed by atoms with Gasteiger partial charge >= 0.3 is 0 Å². The van der Waals surface area contributed by atoms with Crippen molar-refractivity contribution in [2.24, 2.45) is 5.92 Å². The quantitative estimate of drug-likeness (QED) is 0.421. The molecule has 6 heteroatoms. The lowest BCUT2D eigenvalue weighted by molar-refractivity contribution is 0.262. The molecule has 1 aliphatic rings. The molecule has 0 bridgehead atoms. The lowest BCUT2D eigenvalue weighted by Gasteiger charge is -2.53. The molecule has 62 valence electrons. The fourth-order valence-corrected chi connectivity index (χ4v) is 2.28. The van der Waals surface area contributed by atoms with E-state index >= 15 is 0 Å². The topological polar surface area (TPSA) is 3.24 Å². The van der Waals surface area contributed by atoms with E-state index in [1.807, 2.05) is 17.5 Å². The van der Waals surface area contributed by atoms with Crippen LogP contribution in [0.3, 0.4) is 0 Å². The summed E-state index contributed by atoms with van der Waals surface area (Å²) in [5.74, 6) is -0.0941. The van der Waals surface area contributed by atoms with Crippen molar-refractivity contribution in [2.75, 3.05) is 19.3 Å². The summed E-state index contributed by atoms with van der Waals surface area (Å²) < 4.78 is 2.00. The number of nitrogens with zero attached hydrogens (tertiary/aromatic N) is 1. The summed E-state index contributed by atoms with van der Waals surface area (Å²) in [4.78, 5) is 0. The van der Waals surface area contributed by atoms with Crippen LogP contribution in [-0.2, 0) is 0 Å². The van der Waals surface area contributed by atoms with E-state index in [2.05, 4.69) is 0 Å². The Labute approximate surface area is 90.5 Å². The molecule has 1 fully saturated rings. The van der Waals surface area contributed by atoms with E-state index in [4.69, 9.17) is 31.4 Å². The van der Waals surface area contributed by atoms with Gasteiger partial charge < -0.3 is 0 Å². The highest BCUT2D eigenvalue weighted by atomic mass is 32.2. The molecular weight excluding hydrogens is 173 g/mol. The second-order valence-electron chi connectivity index (χ2n) is 3.93. The van der Waals surface area contributed by atoms with Gasteiger partial charge in [0.1, 0.15) is 0 Å². The highest BCUT2D eigenvalue weighted by Crippen LogP contribution is 2.48. The highest BCUT2D eigenvalue weighted by Gasteiger charge is 2.42. The zero-order valence-corrected chi connectivity index (χ0v) is 8.97. The van der Waals surface area contributed by atoms with Crippen LogP contribution in [0, 0.1) is 5.92 Å². The first-order valence-corrected chi connectivity index (χ1v) is 5.42. The lowest BCUT2D eigenvalue weighted by Crippen LogP contribution is -2.50. The van der Waals surface area contributed by atoms with Crippen LogP contribution in [0.15, 0.2) is 0 Å². The molecule has 0 N–H and O–H groups in total. The Bertz CT molecular complexity index is 179. The largest absolute Gasteiger partial charge is 0.253 e. The van der Waals surface area contributed by atoms with Gasteiger partial charge in [0.2, 0.25) is 0 Å². The highest BCUT2D eigenvalue weighted by molar-refractivity contribution is 7.96. The molecule has 0 amide bonds. The molecule has 0 atom stereocenters. The molecule has 1 saturated heterocycles. The molecule has 1 aliphatic heterocycles. The van der Waals surface area contributed by atoms with Crippen molar-refractivity contribution in [3.8, 4) is 0 Å². The van der Waals surface area contributed by atoms with Crippen LogP contribution in [0.1, 0.15) is 6.92 Å². The first-order chi connectivity index (χ1) is 5.79. The molecule has 1 heterocycles. The minimum Gasteiger partial charge on any atom is -0.253 e. The van der Waals surface area contributed by atoms with Gasteiger partial charge in [0.05, 0.1) is 31.4 Å². The van der Waals surface area contributed by atoms with Crippen molar-refractivity contribution in [2.45, 2.75) is 17.4 Å². The predicted octanol–water partition coefficient (Wildman–Crippen LogP) is 0.122. The SMILES string of the molecule is [B]C1([B])CN(SC)CC([B])([B])C1C. The first kappa shape index (κ1) is 11.6. The Morgan fingerprint density at radius 3 is 1.85 bits per heavy atom. The maximum absolute atomic E-state index is 5.93. The fourth-order valence-electron chi connectivity index (χ4n) is 1.57. The Hall–Kier alpha value is 0.570. The molecule has 0 aliphatic carbocycles. The zero-order valence-electron chi connectivity index (χ0n) is 8.16. The van der Waals surface area contributed by atoms with Crippen LogP contribution in [-0.4, -0.2) is 55.0 Å². The van der Waals surface area contributed by atoms with Crippen LogP contribution in [0.5, 0.6) is 0 Å². The zero-order chi connectivity index (χ0) is 10.3. The Morgan fingerprint density at radius 2 is 1.54 bits per heavy atom. The summed E-state index contributed by atoms with van der Waals surface area (Å²) in [6.07, 6.45) is 1.96. The smallest absolute Gasteiger partial charge is 0.0641 e. The molecule has 13 heavy (non-hydrogen) atoms. The van der Waals surface area contributed by atoms with Gasteiger partial charge in [0, 0.05) is 0 Å². The molecule has 0 aromatic heterocycles. The van der Waals surface area contributed by atoms with Crippen molar-refractivity contribution in [1.29, 1.82) is 0 Å². The minimum absolute atomic E-state index is 0.0941. The maximum atomic E-state index is 5.93. The van der Waals surface area contributed by atoms with Gasteiger partial charge in [-0.15, -0.1) is 0 Å². The van der Waals surface area contributed by atoms with Crippen LogP contribution < -0.4 is 0 Å². The third-order valence-electron chi connectivity index (χ3n) is 2.77. The Balaban J connectivity index is 2.82. The van der Waals surface area contributed by atoms with Gasteiger partial charge in [-0.2, -0.15) is 0 Å². The van der Waals surface area contributed by atoms with Crippen LogP contribution >= 0.6 is 11.9 Å². The van der Waals surface area contributed by atoms with E-state index in [0.717, 1.165) is 0 Å². The van der Waals surface area contributed by atoms with E-state index in [0.29, 0.717) is 13.1 Å². The van der Waals surface area contributed by atoms with E-state index in [9.17, 15) is 0 Å². The maximum Gasteiger partial charge on any atom is 0.0641 e. The number of piperidine rings is 1. The molecule has 0 aromatic carbocycles. The first-order valence-electron chi connectivity index (χ1n) is 4.24. The van der Waals surface area contributed by atoms with Crippen LogP contribution in [0.2, 0.25) is 10.4 Å². The van der Waals surface area contributed by atoms with E-state index in [-0.39, 0.29) is 5.92 Å². The van der Waals surface area contributed by atoms with Crippen LogP contribution in [0.25, 0.3) is 0 Å². The molecule has 0 unspecified atom stereocenters. The predicted molar refractivity (Wildman–Crippen MR) is 62.7 cm³/mol. The number of hydrogen-bond acceptors (Lipinski definition) is 2. The number of hydrogen-bond donors (Lipinski definition) is 0. The van der Waals surface area contributed by atoms with Crippen molar-refractivity contribution in [1.82, 2.24) is 4.31 Å². The van der Waals surface area contributed by atoms with Gasteiger partial charge in [0.25, 0.3) is 0 Å². The second-order valence-corrected chi connectivity index (χ2v) is 4.81. The fraction of sp³-hybridized carbons (Fsp3) is 1.00. The average molecular weight is 184 g/mol. The van der Waals surface area contributed by atoms with E-state index in [1.54, 1.807) is 11.9 Å². The Morgan fingerprint density at radius 1 is 1.15 bits per heavy atom. The average Bonchev–Trinajstić information content (AvgIpc) is 1.99. The molecule has 0 spiro atoms. The van der Waals surface area contributed by atoms with Crippen molar-refractivity contribution >= 4 is 43.3 Å². The lowest BCUT2D eigenvalue weighted by atomic mass is 9.34. The van der Waals surface area contributed by atoms with E-state index < -0.39 is 10.4 Å². The third kappa shape index (κ3) is 2.33. The standard InChI is InChI=1S/C7H11B4NS/c1-5-6(8,9)3-12(13-2)4-7(5,10)11/h5H,3-4H2,1-2H3. The number of rotatable bonds is 1. The summed E-state index contributed by atoms with van der Waals surface area (Å²) in [5, 5.41) is -1.60. The summed E-state index contributed by atoms with van der Waals surface area (Å²) >= 11 is 1.57. The summed E-state index contributed by atoms with van der Waals surface area (Å²) in [7, 11) is 23.7. The molecule has 0 aromatic rings. The van der Waals surface area contributed by atoms with Gasteiger partial charge in [-0.25, -0.2) is 0 Å². The minimum atomic E-state index is -0.801. The Kier molecular flexibility index (Phi) is 3.24. The molecule has 1 nitrogen and oxygen atoms in total. The summed E-state index contributed by atoms with van der Waals surface area (Å²) in [6, 6.07) is 0. The second kappa shape index (κ2) is 3.62. The summed E-state index contributed by atoms with van der Waals surface area (Å²) in [6.45, 7) is 3.13. The van der Waals surface area contributed by atoms with E-state index in [1.165, 1.54) is 0 Å². The molecule has 0 saturated carbocycles. The van der Waals surface area contributed by atoms with Crippen molar-refractivity contribution in [3.05, 3.63) is 0 Å². The normalized spacial score (nSPS) is 28.8. The molecule has 8 radical (unpaired) electrons.